The van der Waals surface area contributed by atoms with Crippen LogP contribution in [-0.2, 0) is 0 Å². The molecule has 1 heterocycles. The average Bonchev–Trinajstić information content (AvgIpc) is 2.60. The molecule has 0 aliphatic carbocycles. The van der Waals surface area contributed by atoms with Crippen LogP contribution in [0.5, 0.6) is 0 Å². The van der Waals surface area contributed by atoms with Gasteiger partial charge in [-0.3, -0.25) is 14.5 Å². The summed E-state index contributed by atoms with van der Waals surface area (Å²) in [5.74, 6) is -0.412. The molecular formula is C19H22N2O3. The van der Waals surface area contributed by atoms with Crippen LogP contribution in [-0.4, -0.2) is 60.0 Å². The molecule has 1 aliphatic rings. The van der Waals surface area contributed by atoms with Crippen LogP contribution in [0.4, 0.5) is 0 Å². The molecule has 3 rings (SSSR count). The van der Waals surface area contributed by atoms with Gasteiger partial charge in [0.15, 0.2) is 0 Å². The van der Waals surface area contributed by atoms with E-state index in [4.69, 9.17) is 5.11 Å². The molecule has 0 fully saturated rings. The van der Waals surface area contributed by atoms with Crippen molar-refractivity contribution in [3.63, 3.8) is 0 Å². The Morgan fingerprint density at radius 2 is 1.54 bits per heavy atom. The predicted octanol–water partition coefficient (Wildman–Crippen LogP) is 2.14. The molecular weight excluding hydrogens is 304 g/mol. The van der Waals surface area contributed by atoms with Crippen LogP contribution in [0, 0.1) is 0 Å². The molecule has 5 nitrogen and oxygen atoms in total. The fourth-order valence-electron chi connectivity index (χ4n) is 3.23. The summed E-state index contributed by atoms with van der Waals surface area (Å²) in [4.78, 5) is 28.9. The van der Waals surface area contributed by atoms with Crippen LogP contribution in [0.3, 0.4) is 0 Å². The van der Waals surface area contributed by atoms with Gasteiger partial charge < -0.3 is 10.0 Å². The number of hydrogen-bond donors (Lipinski definition) is 1. The number of benzene rings is 2. The lowest BCUT2D eigenvalue weighted by molar-refractivity contribution is 0.0604. The highest BCUT2D eigenvalue weighted by Gasteiger charge is 2.32. The standard InChI is InChI=1S/C19H22N2O3/c1-20(11-5-13-22)10-4-12-21-18(23)15-8-2-6-14-7-3-9-16(17(14)15)19(21)24/h2-3,6-9,22H,4-5,10-13H2,1H3. The molecule has 2 aromatic rings. The molecule has 24 heavy (non-hydrogen) atoms. The van der Waals surface area contributed by atoms with Crippen molar-refractivity contribution in [3.8, 4) is 0 Å². The minimum Gasteiger partial charge on any atom is -0.396 e. The van der Waals surface area contributed by atoms with Gasteiger partial charge in [0.05, 0.1) is 0 Å². The molecule has 0 saturated carbocycles. The van der Waals surface area contributed by atoms with E-state index in [1.807, 2.05) is 31.3 Å². The van der Waals surface area contributed by atoms with E-state index in [9.17, 15) is 9.59 Å². The highest BCUT2D eigenvalue weighted by atomic mass is 16.3. The smallest absolute Gasteiger partial charge is 0.261 e. The molecule has 1 N–H and O–H groups in total. The highest BCUT2D eigenvalue weighted by Crippen LogP contribution is 2.29. The normalized spacial score (nSPS) is 14.0. The van der Waals surface area contributed by atoms with Crippen molar-refractivity contribution < 1.29 is 14.7 Å². The maximum absolute atomic E-state index is 12.7. The van der Waals surface area contributed by atoms with E-state index < -0.39 is 0 Å². The summed E-state index contributed by atoms with van der Waals surface area (Å²) < 4.78 is 0. The van der Waals surface area contributed by atoms with Gasteiger partial charge in [0, 0.05) is 36.2 Å². The number of carbonyl (C=O) groups is 2. The third kappa shape index (κ3) is 3.05. The van der Waals surface area contributed by atoms with E-state index in [-0.39, 0.29) is 18.4 Å². The number of aliphatic hydroxyl groups is 1. The fraction of sp³-hybridized carbons (Fsp3) is 0.368. The van der Waals surface area contributed by atoms with E-state index in [0.29, 0.717) is 17.7 Å². The third-order valence-electron chi connectivity index (χ3n) is 4.48. The van der Waals surface area contributed by atoms with Gasteiger partial charge in [0.1, 0.15) is 0 Å². The molecule has 5 heteroatoms. The summed E-state index contributed by atoms with van der Waals surface area (Å²) in [7, 11) is 1.98. The molecule has 0 saturated heterocycles. The van der Waals surface area contributed by atoms with Gasteiger partial charge in [-0.15, -0.1) is 0 Å². The number of amides is 2. The summed E-state index contributed by atoms with van der Waals surface area (Å²) in [5.41, 5.74) is 1.22. The van der Waals surface area contributed by atoms with Crippen LogP contribution < -0.4 is 0 Å². The van der Waals surface area contributed by atoms with Crippen LogP contribution in [0.2, 0.25) is 0 Å². The Kier molecular flexibility index (Phi) is 4.92. The monoisotopic (exact) mass is 326 g/mol. The molecule has 0 spiro atoms. The molecule has 2 aromatic carbocycles. The van der Waals surface area contributed by atoms with Crippen molar-refractivity contribution >= 4 is 22.6 Å². The van der Waals surface area contributed by atoms with Crippen molar-refractivity contribution in [2.24, 2.45) is 0 Å². The predicted molar refractivity (Wildman–Crippen MR) is 93.1 cm³/mol. The largest absolute Gasteiger partial charge is 0.396 e. The Balaban J connectivity index is 1.75. The van der Waals surface area contributed by atoms with Gasteiger partial charge in [-0.25, -0.2) is 0 Å². The maximum atomic E-state index is 12.7. The minimum atomic E-state index is -0.206. The van der Waals surface area contributed by atoms with E-state index in [0.717, 1.165) is 36.7 Å². The number of imide groups is 1. The second-order valence-electron chi connectivity index (χ2n) is 6.21. The van der Waals surface area contributed by atoms with Crippen molar-refractivity contribution in [1.29, 1.82) is 0 Å². The maximum Gasteiger partial charge on any atom is 0.261 e. The summed E-state index contributed by atoms with van der Waals surface area (Å²) in [5, 5.41) is 10.6. The zero-order chi connectivity index (χ0) is 17.1. The third-order valence-corrected chi connectivity index (χ3v) is 4.48. The molecule has 0 atom stereocenters. The Morgan fingerprint density at radius 1 is 0.958 bits per heavy atom. The average molecular weight is 326 g/mol. The second-order valence-corrected chi connectivity index (χ2v) is 6.21. The van der Waals surface area contributed by atoms with Gasteiger partial charge in [-0.05, 0) is 44.0 Å². The van der Waals surface area contributed by atoms with Crippen molar-refractivity contribution in [3.05, 3.63) is 47.5 Å². The summed E-state index contributed by atoms with van der Waals surface area (Å²) >= 11 is 0. The molecule has 0 unspecified atom stereocenters. The Labute approximate surface area is 141 Å². The number of aliphatic hydroxyl groups excluding tert-OH is 1. The summed E-state index contributed by atoms with van der Waals surface area (Å²) in [6.07, 6.45) is 1.45. The van der Waals surface area contributed by atoms with Gasteiger partial charge in [-0.2, -0.15) is 0 Å². The van der Waals surface area contributed by atoms with E-state index in [1.165, 1.54) is 4.90 Å². The number of rotatable bonds is 7. The second kappa shape index (κ2) is 7.11. The first kappa shape index (κ1) is 16.6. The van der Waals surface area contributed by atoms with E-state index in [2.05, 4.69) is 4.90 Å². The Bertz CT molecular complexity index is 722. The van der Waals surface area contributed by atoms with E-state index >= 15 is 0 Å². The van der Waals surface area contributed by atoms with Crippen LogP contribution in [0.25, 0.3) is 10.8 Å². The first-order chi connectivity index (χ1) is 11.6. The van der Waals surface area contributed by atoms with Crippen molar-refractivity contribution in [1.82, 2.24) is 9.80 Å². The highest BCUT2D eigenvalue weighted by molar-refractivity contribution is 6.25. The van der Waals surface area contributed by atoms with Crippen LogP contribution >= 0.6 is 0 Å². The molecule has 2 amide bonds. The van der Waals surface area contributed by atoms with Gasteiger partial charge in [0.2, 0.25) is 0 Å². The Hall–Kier alpha value is -2.24. The van der Waals surface area contributed by atoms with Crippen LogP contribution in [0.15, 0.2) is 36.4 Å². The topological polar surface area (TPSA) is 60.9 Å². The van der Waals surface area contributed by atoms with Gasteiger partial charge >= 0.3 is 0 Å². The molecule has 0 radical (unpaired) electrons. The lowest BCUT2D eigenvalue weighted by Crippen LogP contribution is -2.41. The van der Waals surface area contributed by atoms with Crippen LogP contribution in [0.1, 0.15) is 33.6 Å². The first-order valence-electron chi connectivity index (χ1n) is 8.31. The fourth-order valence-corrected chi connectivity index (χ4v) is 3.23. The number of carbonyl (C=O) groups excluding carboxylic acids is 2. The molecule has 126 valence electrons. The van der Waals surface area contributed by atoms with Crippen molar-refractivity contribution in [2.75, 3.05) is 33.3 Å². The molecule has 1 aliphatic heterocycles. The molecule has 0 bridgehead atoms. The molecule has 0 aromatic heterocycles. The van der Waals surface area contributed by atoms with Crippen molar-refractivity contribution in [2.45, 2.75) is 12.8 Å². The SMILES string of the molecule is CN(CCCO)CCCN1C(=O)c2cccc3cccc(c23)C1=O. The minimum absolute atomic E-state index is 0.175. The summed E-state index contributed by atoms with van der Waals surface area (Å²) in [6, 6.07) is 11.2. The zero-order valence-corrected chi connectivity index (χ0v) is 13.9. The first-order valence-corrected chi connectivity index (χ1v) is 8.31. The lowest BCUT2D eigenvalue weighted by atomic mass is 9.94. The Morgan fingerprint density at radius 3 is 2.12 bits per heavy atom. The zero-order valence-electron chi connectivity index (χ0n) is 13.9. The number of nitrogens with zero attached hydrogens (tertiary/aromatic N) is 2. The quantitative estimate of drug-likeness (QED) is 0.792. The summed E-state index contributed by atoms with van der Waals surface area (Å²) in [6.45, 7) is 2.17. The lowest BCUT2D eigenvalue weighted by Gasteiger charge is -2.27. The number of hydrogen-bond acceptors (Lipinski definition) is 4. The van der Waals surface area contributed by atoms with Gasteiger partial charge in [-0.1, -0.05) is 24.3 Å². The van der Waals surface area contributed by atoms with Gasteiger partial charge in [0.25, 0.3) is 11.8 Å². The van der Waals surface area contributed by atoms with E-state index in [1.54, 1.807) is 12.1 Å².